The van der Waals surface area contributed by atoms with E-state index >= 15 is 0 Å². The lowest BCUT2D eigenvalue weighted by molar-refractivity contribution is 0.0344. The molecule has 1 fully saturated rings. The molecule has 1 aromatic rings. The van der Waals surface area contributed by atoms with Gasteiger partial charge in [-0.1, -0.05) is 0 Å². The average Bonchev–Trinajstić information content (AvgIpc) is 2.29. The van der Waals surface area contributed by atoms with Crippen molar-refractivity contribution in [1.29, 1.82) is 0 Å². The molecule has 0 saturated carbocycles. The molecule has 0 spiro atoms. The Morgan fingerprint density at radius 1 is 1.28 bits per heavy atom. The molecule has 5 heteroatoms. The molecule has 0 radical (unpaired) electrons. The number of hydrogen-bond acceptors (Lipinski definition) is 4. The van der Waals surface area contributed by atoms with Crippen molar-refractivity contribution in [2.24, 2.45) is 0 Å². The molecule has 2 heterocycles. The van der Waals surface area contributed by atoms with E-state index in [1.807, 2.05) is 32.2 Å². The van der Waals surface area contributed by atoms with Crippen LogP contribution < -0.4 is 4.90 Å². The van der Waals surface area contributed by atoms with E-state index in [1.165, 1.54) is 0 Å². The number of piperazine rings is 1. The average molecular weight is 314 g/mol. The lowest BCUT2D eigenvalue weighted by atomic mass is 10.1. The molecule has 0 atom stereocenters. The third-order valence-corrected chi connectivity index (χ3v) is 3.49. The summed E-state index contributed by atoms with van der Waals surface area (Å²) in [6.07, 6.45) is 1.83. The number of aromatic nitrogens is 1. The largest absolute Gasteiger partial charge is 0.389 e. The molecular weight excluding hydrogens is 294 g/mol. The van der Waals surface area contributed by atoms with E-state index < -0.39 is 5.60 Å². The lowest BCUT2D eigenvalue weighted by Gasteiger charge is -2.37. The van der Waals surface area contributed by atoms with Crippen LogP contribution in [0.4, 0.5) is 5.82 Å². The van der Waals surface area contributed by atoms with Gasteiger partial charge in [0.15, 0.2) is 0 Å². The Hall–Kier alpha value is -0.650. The SMILES string of the molecule is CC(C)(O)CN1CCN(c2ccc(Br)cn2)CC1. The Morgan fingerprint density at radius 3 is 2.44 bits per heavy atom. The van der Waals surface area contributed by atoms with E-state index in [1.54, 1.807) is 0 Å². The number of aliphatic hydroxyl groups is 1. The Kier molecular flexibility index (Phi) is 4.25. The second-order valence-corrected chi connectivity index (χ2v) is 6.33. The van der Waals surface area contributed by atoms with Crippen LogP contribution in [0.15, 0.2) is 22.8 Å². The van der Waals surface area contributed by atoms with Gasteiger partial charge in [-0.3, -0.25) is 4.90 Å². The second kappa shape index (κ2) is 5.55. The molecule has 1 aliphatic rings. The molecule has 0 aliphatic carbocycles. The number of β-amino-alcohol motifs (C(OH)–C–C–N with tert-alkyl or cyclic N) is 1. The molecule has 1 saturated heterocycles. The van der Waals surface area contributed by atoms with Gasteiger partial charge in [0.25, 0.3) is 0 Å². The van der Waals surface area contributed by atoms with Crippen LogP contribution in [0.1, 0.15) is 13.8 Å². The highest BCUT2D eigenvalue weighted by Gasteiger charge is 2.23. The van der Waals surface area contributed by atoms with Crippen molar-refractivity contribution < 1.29 is 5.11 Å². The van der Waals surface area contributed by atoms with E-state index in [4.69, 9.17) is 0 Å². The Balaban J connectivity index is 1.88. The summed E-state index contributed by atoms with van der Waals surface area (Å²) < 4.78 is 1.01. The van der Waals surface area contributed by atoms with Gasteiger partial charge in [0.05, 0.1) is 5.60 Å². The van der Waals surface area contributed by atoms with Crippen LogP contribution in [0.3, 0.4) is 0 Å². The van der Waals surface area contributed by atoms with Crippen LogP contribution in [0, 0.1) is 0 Å². The molecule has 0 bridgehead atoms. The van der Waals surface area contributed by atoms with Crippen LogP contribution in [-0.2, 0) is 0 Å². The third-order valence-electron chi connectivity index (χ3n) is 3.02. The van der Waals surface area contributed by atoms with Crippen molar-refractivity contribution in [3.8, 4) is 0 Å². The number of rotatable bonds is 3. The normalized spacial score (nSPS) is 18.1. The van der Waals surface area contributed by atoms with Crippen molar-refractivity contribution in [3.63, 3.8) is 0 Å². The van der Waals surface area contributed by atoms with Gasteiger partial charge in [0, 0.05) is 43.4 Å². The van der Waals surface area contributed by atoms with Crippen molar-refractivity contribution in [1.82, 2.24) is 9.88 Å². The summed E-state index contributed by atoms with van der Waals surface area (Å²) in [6.45, 7) is 8.32. The van der Waals surface area contributed by atoms with Crippen molar-refractivity contribution in [2.75, 3.05) is 37.6 Å². The maximum atomic E-state index is 9.81. The zero-order chi connectivity index (χ0) is 13.2. The number of hydrogen-bond donors (Lipinski definition) is 1. The quantitative estimate of drug-likeness (QED) is 0.922. The predicted molar refractivity (Wildman–Crippen MR) is 76.9 cm³/mol. The maximum absolute atomic E-state index is 9.81. The lowest BCUT2D eigenvalue weighted by Crippen LogP contribution is -2.50. The Labute approximate surface area is 117 Å². The van der Waals surface area contributed by atoms with E-state index in [9.17, 15) is 5.11 Å². The molecule has 18 heavy (non-hydrogen) atoms. The van der Waals surface area contributed by atoms with Crippen LogP contribution in [0.25, 0.3) is 0 Å². The van der Waals surface area contributed by atoms with Gasteiger partial charge in [0.2, 0.25) is 0 Å². The number of halogens is 1. The minimum atomic E-state index is -0.613. The summed E-state index contributed by atoms with van der Waals surface area (Å²) in [5.41, 5.74) is -0.613. The summed E-state index contributed by atoms with van der Waals surface area (Å²) in [7, 11) is 0. The van der Waals surface area contributed by atoms with Gasteiger partial charge in [-0.2, -0.15) is 0 Å². The molecule has 1 N–H and O–H groups in total. The highest BCUT2D eigenvalue weighted by molar-refractivity contribution is 9.10. The van der Waals surface area contributed by atoms with Crippen LogP contribution in [0.2, 0.25) is 0 Å². The van der Waals surface area contributed by atoms with E-state index in [-0.39, 0.29) is 0 Å². The first-order valence-corrected chi connectivity index (χ1v) is 7.05. The fourth-order valence-corrected chi connectivity index (χ4v) is 2.47. The fourth-order valence-electron chi connectivity index (χ4n) is 2.24. The van der Waals surface area contributed by atoms with Gasteiger partial charge in [0.1, 0.15) is 5.82 Å². The number of pyridine rings is 1. The summed E-state index contributed by atoms with van der Waals surface area (Å²) in [6, 6.07) is 4.06. The Bertz CT molecular complexity index is 380. The first kappa shape index (κ1) is 13.8. The van der Waals surface area contributed by atoms with E-state index in [0.29, 0.717) is 0 Å². The zero-order valence-electron chi connectivity index (χ0n) is 10.9. The van der Waals surface area contributed by atoms with Crippen molar-refractivity contribution >= 4 is 21.7 Å². The van der Waals surface area contributed by atoms with Crippen LogP contribution in [0.5, 0.6) is 0 Å². The van der Waals surface area contributed by atoms with Gasteiger partial charge < -0.3 is 10.0 Å². The van der Waals surface area contributed by atoms with Crippen LogP contribution in [-0.4, -0.2) is 53.3 Å². The monoisotopic (exact) mass is 313 g/mol. The highest BCUT2D eigenvalue weighted by Crippen LogP contribution is 2.17. The van der Waals surface area contributed by atoms with Gasteiger partial charge >= 0.3 is 0 Å². The molecular formula is C13H20BrN3O. The molecule has 0 unspecified atom stereocenters. The minimum absolute atomic E-state index is 0.613. The summed E-state index contributed by atoms with van der Waals surface area (Å²) in [5.74, 6) is 1.03. The molecule has 1 aromatic heterocycles. The van der Waals surface area contributed by atoms with Gasteiger partial charge in [-0.05, 0) is 41.9 Å². The smallest absolute Gasteiger partial charge is 0.128 e. The predicted octanol–water partition coefficient (Wildman–Crippen LogP) is 1.74. The number of nitrogens with zero attached hydrogens (tertiary/aromatic N) is 3. The van der Waals surface area contributed by atoms with Crippen molar-refractivity contribution in [2.45, 2.75) is 19.4 Å². The fraction of sp³-hybridized carbons (Fsp3) is 0.615. The molecule has 0 amide bonds. The van der Waals surface area contributed by atoms with Gasteiger partial charge in [-0.25, -0.2) is 4.98 Å². The standard InChI is InChI=1S/C13H20BrN3O/c1-13(2,18)10-16-5-7-17(8-6-16)12-4-3-11(14)9-15-12/h3-4,9,18H,5-8,10H2,1-2H3. The highest BCUT2D eigenvalue weighted by atomic mass is 79.9. The van der Waals surface area contributed by atoms with Crippen LogP contribution >= 0.6 is 15.9 Å². The topological polar surface area (TPSA) is 39.6 Å². The van der Waals surface area contributed by atoms with Gasteiger partial charge in [-0.15, -0.1) is 0 Å². The molecule has 1 aliphatic heterocycles. The summed E-state index contributed by atoms with van der Waals surface area (Å²) in [5, 5.41) is 9.81. The van der Waals surface area contributed by atoms with E-state index in [2.05, 4.69) is 30.7 Å². The Morgan fingerprint density at radius 2 is 1.94 bits per heavy atom. The summed E-state index contributed by atoms with van der Waals surface area (Å²) in [4.78, 5) is 9.00. The second-order valence-electron chi connectivity index (χ2n) is 5.41. The van der Waals surface area contributed by atoms with Crippen molar-refractivity contribution in [3.05, 3.63) is 22.8 Å². The maximum Gasteiger partial charge on any atom is 0.128 e. The first-order chi connectivity index (χ1) is 8.44. The molecule has 0 aromatic carbocycles. The third kappa shape index (κ3) is 3.93. The minimum Gasteiger partial charge on any atom is -0.389 e. The molecule has 2 rings (SSSR count). The number of anilines is 1. The zero-order valence-corrected chi connectivity index (χ0v) is 12.5. The molecule has 4 nitrogen and oxygen atoms in total. The first-order valence-electron chi connectivity index (χ1n) is 6.25. The molecule has 100 valence electrons. The van der Waals surface area contributed by atoms with E-state index in [0.717, 1.165) is 43.0 Å². The summed E-state index contributed by atoms with van der Waals surface area (Å²) >= 11 is 3.40.